The molecule has 1 atom stereocenters. The van der Waals surface area contributed by atoms with Gasteiger partial charge in [-0.25, -0.2) is 4.79 Å². The molecule has 1 aromatic carbocycles. The summed E-state index contributed by atoms with van der Waals surface area (Å²) in [4.78, 5) is 11.4. The molecule has 0 spiro atoms. The van der Waals surface area contributed by atoms with Crippen molar-refractivity contribution in [1.29, 1.82) is 0 Å². The lowest BCUT2D eigenvalue weighted by Gasteiger charge is -2.25. The molecule has 94 valence electrons. The largest absolute Gasteiger partial charge is 0.489 e. The SMILES string of the molecule is CC(C)(C)C1Cc2c(ccc3ccc(=O)oc23)O1. The quantitative estimate of drug-likeness (QED) is 0.668. The van der Waals surface area contributed by atoms with E-state index in [1.165, 1.54) is 6.07 Å². The van der Waals surface area contributed by atoms with E-state index >= 15 is 0 Å². The Bertz CT molecular complexity index is 661. The highest BCUT2D eigenvalue weighted by atomic mass is 16.5. The predicted octanol–water partition coefficient (Wildman–Crippen LogP) is 3.14. The highest BCUT2D eigenvalue weighted by Crippen LogP contribution is 2.39. The minimum Gasteiger partial charge on any atom is -0.489 e. The van der Waals surface area contributed by atoms with Crippen LogP contribution in [0.1, 0.15) is 26.3 Å². The number of ether oxygens (including phenoxy) is 1. The summed E-state index contributed by atoms with van der Waals surface area (Å²) >= 11 is 0. The van der Waals surface area contributed by atoms with Gasteiger partial charge in [-0.1, -0.05) is 20.8 Å². The van der Waals surface area contributed by atoms with E-state index < -0.39 is 0 Å². The summed E-state index contributed by atoms with van der Waals surface area (Å²) in [6.45, 7) is 6.46. The fraction of sp³-hybridized carbons (Fsp3) is 0.400. The molecule has 18 heavy (non-hydrogen) atoms. The van der Waals surface area contributed by atoms with Crippen molar-refractivity contribution >= 4 is 11.0 Å². The molecule has 1 aliphatic heterocycles. The smallest absolute Gasteiger partial charge is 0.336 e. The second kappa shape index (κ2) is 3.61. The first-order valence-corrected chi connectivity index (χ1v) is 6.17. The molecule has 0 saturated carbocycles. The second-order valence-corrected chi connectivity index (χ2v) is 5.89. The molecule has 0 amide bonds. The van der Waals surface area contributed by atoms with Crippen LogP contribution in [0.5, 0.6) is 5.75 Å². The van der Waals surface area contributed by atoms with Crippen molar-refractivity contribution < 1.29 is 9.15 Å². The molecule has 1 aliphatic rings. The molecule has 3 nitrogen and oxygen atoms in total. The van der Waals surface area contributed by atoms with Gasteiger partial charge in [0.2, 0.25) is 0 Å². The molecule has 3 heteroatoms. The molecule has 0 N–H and O–H groups in total. The van der Waals surface area contributed by atoms with Crippen LogP contribution in [0.2, 0.25) is 0 Å². The van der Waals surface area contributed by atoms with E-state index in [0.717, 1.165) is 23.1 Å². The zero-order chi connectivity index (χ0) is 12.9. The van der Waals surface area contributed by atoms with Crippen molar-refractivity contribution in [3.05, 3.63) is 40.2 Å². The first-order chi connectivity index (χ1) is 8.45. The Kier molecular flexibility index (Phi) is 2.27. The number of fused-ring (bicyclic) bond motifs is 3. The summed E-state index contributed by atoms with van der Waals surface area (Å²) in [6.07, 6.45) is 0.923. The molecule has 0 bridgehead atoms. The molecule has 0 aliphatic carbocycles. The molecule has 0 fully saturated rings. The lowest BCUT2D eigenvalue weighted by molar-refractivity contribution is 0.109. The van der Waals surface area contributed by atoms with Gasteiger partial charge in [-0.05, 0) is 23.6 Å². The Balaban J connectivity index is 2.16. The van der Waals surface area contributed by atoms with Crippen LogP contribution in [0.15, 0.2) is 33.5 Å². The van der Waals surface area contributed by atoms with Crippen molar-refractivity contribution in [2.75, 3.05) is 0 Å². The molecule has 2 heterocycles. The Hall–Kier alpha value is -1.77. The lowest BCUT2D eigenvalue weighted by atomic mass is 9.86. The third kappa shape index (κ3) is 1.70. The van der Waals surface area contributed by atoms with Crippen LogP contribution >= 0.6 is 0 Å². The van der Waals surface area contributed by atoms with Crippen LogP contribution in [0.3, 0.4) is 0 Å². The Morgan fingerprint density at radius 1 is 1.17 bits per heavy atom. The van der Waals surface area contributed by atoms with Gasteiger partial charge in [0.25, 0.3) is 0 Å². The average molecular weight is 244 g/mol. The van der Waals surface area contributed by atoms with Gasteiger partial charge < -0.3 is 9.15 Å². The maximum Gasteiger partial charge on any atom is 0.336 e. The van der Waals surface area contributed by atoms with Crippen molar-refractivity contribution in [3.8, 4) is 5.75 Å². The Morgan fingerprint density at radius 2 is 1.89 bits per heavy atom. The molecule has 0 radical (unpaired) electrons. The van der Waals surface area contributed by atoms with E-state index in [0.29, 0.717) is 5.58 Å². The molecule has 3 rings (SSSR count). The van der Waals surface area contributed by atoms with Crippen LogP contribution in [-0.4, -0.2) is 6.10 Å². The predicted molar refractivity (Wildman–Crippen MR) is 70.1 cm³/mol. The van der Waals surface area contributed by atoms with Crippen LogP contribution in [-0.2, 0) is 6.42 Å². The standard InChI is InChI=1S/C15H16O3/c1-15(2,3)12-8-10-11(17-12)6-4-9-5-7-13(16)18-14(9)10/h4-7,12H,8H2,1-3H3. The summed E-state index contributed by atoms with van der Waals surface area (Å²) < 4.78 is 11.3. The number of rotatable bonds is 0. The minimum atomic E-state index is -0.310. The highest BCUT2D eigenvalue weighted by Gasteiger charge is 2.34. The van der Waals surface area contributed by atoms with Crippen LogP contribution in [0.4, 0.5) is 0 Å². The van der Waals surface area contributed by atoms with Gasteiger partial charge in [0.1, 0.15) is 17.4 Å². The van der Waals surface area contributed by atoms with Crippen molar-refractivity contribution in [3.63, 3.8) is 0 Å². The summed E-state index contributed by atoms with van der Waals surface area (Å²) in [5.41, 5.74) is 1.45. The molecular weight excluding hydrogens is 228 g/mol. The van der Waals surface area contributed by atoms with Crippen LogP contribution < -0.4 is 10.4 Å². The maximum absolute atomic E-state index is 11.4. The topological polar surface area (TPSA) is 39.4 Å². The number of benzene rings is 1. The average Bonchev–Trinajstić information content (AvgIpc) is 2.72. The Morgan fingerprint density at radius 3 is 2.61 bits per heavy atom. The van der Waals surface area contributed by atoms with Gasteiger partial charge >= 0.3 is 5.63 Å². The fourth-order valence-electron chi connectivity index (χ4n) is 2.34. The molecule has 2 aromatic rings. The zero-order valence-electron chi connectivity index (χ0n) is 10.8. The monoisotopic (exact) mass is 244 g/mol. The lowest BCUT2D eigenvalue weighted by Crippen LogP contribution is -2.30. The van der Waals surface area contributed by atoms with E-state index in [2.05, 4.69) is 20.8 Å². The van der Waals surface area contributed by atoms with Gasteiger partial charge in [0, 0.05) is 23.4 Å². The molecule has 0 saturated heterocycles. The summed E-state index contributed by atoms with van der Waals surface area (Å²) in [7, 11) is 0. The first-order valence-electron chi connectivity index (χ1n) is 6.17. The highest BCUT2D eigenvalue weighted by molar-refractivity contribution is 5.82. The van der Waals surface area contributed by atoms with E-state index in [1.54, 1.807) is 6.07 Å². The number of hydrogen-bond donors (Lipinski definition) is 0. The van der Waals surface area contributed by atoms with Crippen molar-refractivity contribution in [1.82, 2.24) is 0 Å². The van der Waals surface area contributed by atoms with Crippen molar-refractivity contribution in [2.24, 2.45) is 5.41 Å². The van der Waals surface area contributed by atoms with Crippen LogP contribution in [0.25, 0.3) is 11.0 Å². The van der Waals surface area contributed by atoms with Gasteiger partial charge in [-0.3, -0.25) is 0 Å². The summed E-state index contributed by atoms with van der Waals surface area (Å²) in [6, 6.07) is 7.14. The van der Waals surface area contributed by atoms with Crippen LogP contribution in [0, 0.1) is 5.41 Å². The van der Waals surface area contributed by atoms with Gasteiger partial charge in [-0.2, -0.15) is 0 Å². The van der Waals surface area contributed by atoms with Crippen molar-refractivity contribution in [2.45, 2.75) is 33.3 Å². The van der Waals surface area contributed by atoms with E-state index in [1.807, 2.05) is 12.1 Å². The number of hydrogen-bond acceptors (Lipinski definition) is 3. The first kappa shape index (κ1) is 11.3. The fourth-order valence-corrected chi connectivity index (χ4v) is 2.34. The van der Waals surface area contributed by atoms with Gasteiger partial charge in [0.05, 0.1) is 0 Å². The van der Waals surface area contributed by atoms with E-state index in [-0.39, 0.29) is 17.1 Å². The van der Waals surface area contributed by atoms with Gasteiger partial charge in [0.15, 0.2) is 0 Å². The molecule has 1 unspecified atom stereocenters. The third-order valence-electron chi connectivity index (χ3n) is 3.47. The minimum absolute atomic E-state index is 0.0699. The second-order valence-electron chi connectivity index (χ2n) is 5.89. The zero-order valence-corrected chi connectivity index (χ0v) is 10.8. The summed E-state index contributed by atoms with van der Waals surface area (Å²) in [5.74, 6) is 0.844. The molecule has 1 aromatic heterocycles. The third-order valence-corrected chi connectivity index (χ3v) is 3.47. The Labute approximate surface area is 105 Å². The molecular formula is C15H16O3. The van der Waals surface area contributed by atoms with E-state index in [4.69, 9.17) is 9.15 Å². The van der Waals surface area contributed by atoms with E-state index in [9.17, 15) is 4.79 Å². The normalized spacial score (nSPS) is 18.7. The maximum atomic E-state index is 11.4. The summed E-state index contributed by atoms with van der Waals surface area (Å²) in [5, 5.41) is 0.950. The van der Waals surface area contributed by atoms with Gasteiger partial charge in [-0.15, -0.1) is 0 Å².